The monoisotopic (exact) mass is 420 g/mol. The van der Waals surface area contributed by atoms with E-state index >= 15 is 0 Å². The van der Waals surface area contributed by atoms with Gasteiger partial charge in [0.05, 0.1) is 22.4 Å². The Bertz CT molecular complexity index is 1040. The highest BCUT2D eigenvalue weighted by Gasteiger charge is 2.25. The van der Waals surface area contributed by atoms with E-state index in [-0.39, 0.29) is 16.7 Å². The number of likely N-dealkylation sites (tertiary alicyclic amines) is 1. The molecule has 0 aromatic heterocycles. The average Bonchev–Trinajstić information content (AvgIpc) is 2.78. The first kappa shape index (κ1) is 21.6. The summed E-state index contributed by atoms with van der Waals surface area (Å²) in [5.74, 6) is 0.354. The Morgan fingerprint density at radius 2 is 1.83 bits per heavy atom. The van der Waals surface area contributed by atoms with Crippen molar-refractivity contribution in [3.05, 3.63) is 81.0 Å². The average molecular weight is 421 g/mol. The molecule has 6 heteroatoms. The highest BCUT2D eigenvalue weighted by Crippen LogP contribution is 2.29. The number of halogens is 1. The number of allylic oxidation sites excluding steroid dienone is 2. The number of benzene rings is 2. The van der Waals surface area contributed by atoms with Crippen LogP contribution in [0.1, 0.15) is 58.3 Å². The van der Waals surface area contributed by atoms with Crippen molar-refractivity contribution in [2.75, 3.05) is 13.1 Å². The molecule has 154 valence electrons. The van der Waals surface area contributed by atoms with Gasteiger partial charge in [-0.3, -0.25) is 10.2 Å². The van der Waals surface area contributed by atoms with E-state index in [1.165, 1.54) is 5.56 Å². The Morgan fingerprint density at radius 3 is 2.40 bits per heavy atom. The first-order valence-corrected chi connectivity index (χ1v) is 10.3. The maximum absolute atomic E-state index is 13.1. The Balaban J connectivity index is 1.72. The molecule has 0 spiro atoms. The zero-order chi connectivity index (χ0) is 21.8. The van der Waals surface area contributed by atoms with Crippen LogP contribution in [0, 0.1) is 23.7 Å². The highest BCUT2D eigenvalue weighted by molar-refractivity contribution is 6.46. The molecule has 1 saturated heterocycles. The molecule has 0 saturated carbocycles. The number of nitrogens with two attached hydrogens (primary N) is 1. The summed E-state index contributed by atoms with van der Waals surface area (Å²) in [5, 5.41) is 17.5. The third-order valence-corrected chi connectivity index (χ3v) is 6.10. The number of aryl methyl sites for hydroxylation is 1. The van der Waals surface area contributed by atoms with E-state index in [4.69, 9.17) is 28.0 Å². The highest BCUT2D eigenvalue weighted by atomic mass is 35.5. The number of rotatable bonds is 4. The van der Waals surface area contributed by atoms with Gasteiger partial charge in [-0.1, -0.05) is 29.8 Å². The van der Waals surface area contributed by atoms with E-state index in [2.05, 4.69) is 6.07 Å². The summed E-state index contributed by atoms with van der Waals surface area (Å²) < 4.78 is 0. The van der Waals surface area contributed by atoms with Gasteiger partial charge in [0.1, 0.15) is 0 Å². The van der Waals surface area contributed by atoms with Gasteiger partial charge in [-0.05, 0) is 68.0 Å². The Hall–Kier alpha value is -3.10. The molecule has 0 aliphatic carbocycles. The SMILES string of the molecule is C/C(N)=C(\Cl)C(=N)c1cc(C(=O)N2CCC(c3ccc(C#N)cc3)CC2)ccc1C. The molecule has 0 unspecified atom stereocenters. The number of nitrogens with zero attached hydrogens (tertiary/aromatic N) is 2. The second kappa shape index (κ2) is 9.15. The van der Waals surface area contributed by atoms with Crippen molar-refractivity contribution in [1.82, 2.24) is 4.90 Å². The van der Waals surface area contributed by atoms with Gasteiger partial charge in [-0.25, -0.2) is 0 Å². The third kappa shape index (κ3) is 4.55. The molecule has 3 rings (SSSR count). The zero-order valence-electron chi connectivity index (χ0n) is 17.2. The summed E-state index contributed by atoms with van der Waals surface area (Å²) in [5.41, 5.74) is 10.1. The number of carbonyl (C=O) groups excluding carboxylic acids is 1. The first-order chi connectivity index (χ1) is 14.3. The molecule has 0 atom stereocenters. The molecular formula is C24H25ClN4O. The van der Waals surface area contributed by atoms with Crippen LogP contribution < -0.4 is 5.73 Å². The molecule has 1 aliphatic rings. The summed E-state index contributed by atoms with van der Waals surface area (Å²) in [6, 6.07) is 15.2. The number of carbonyl (C=O) groups is 1. The Morgan fingerprint density at radius 1 is 1.20 bits per heavy atom. The predicted molar refractivity (Wildman–Crippen MR) is 120 cm³/mol. The Labute approximate surface area is 182 Å². The summed E-state index contributed by atoms with van der Waals surface area (Å²) >= 11 is 6.16. The van der Waals surface area contributed by atoms with Crippen LogP contribution in [0.5, 0.6) is 0 Å². The fourth-order valence-electron chi connectivity index (χ4n) is 3.77. The van der Waals surface area contributed by atoms with Crippen LogP contribution in [0.3, 0.4) is 0 Å². The summed E-state index contributed by atoms with van der Waals surface area (Å²) in [7, 11) is 0. The van der Waals surface area contributed by atoms with Crippen molar-refractivity contribution in [3.63, 3.8) is 0 Å². The van der Waals surface area contributed by atoms with Gasteiger partial charge in [0, 0.05) is 29.9 Å². The number of amides is 1. The van der Waals surface area contributed by atoms with Gasteiger partial charge in [-0.15, -0.1) is 0 Å². The van der Waals surface area contributed by atoms with E-state index in [9.17, 15) is 4.79 Å². The van der Waals surface area contributed by atoms with E-state index < -0.39 is 0 Å². The molecule has 30 heavy (non-hydrogen) atoms. The minimum absolute atomic E-state index is 0.0353. The van der Waals surface area contributed by atoms with Crippen LogP contribution in [0.15, 0.2) is 53.2 Å². The number of piperidine rings is 1. The standard InChI is InChI=1S/C24H25ClN4O/c1-15-3-6-20(13-21(15)23(28)22(25)16(2)27)24(30)29-11-9-19(10-12-29)18-7-4-17(14-26)5-8-18/h3-8,13,19,28H,9-12,27H2,1-2H3/b22-16+,28-23?. The lowest BCUT2D eigenvalue weighted by Crippen LogP contribution is -2.38. The molecule has 0 bridgehead atoms. The molecule has 3 N–H and O–H groups in total. The zero-order valence-corrected chi connectivity index (χ0v) is 18.0. The van der Waals surface area contributed by atoms with Gasteiger partial charge in [-0.2, -0.15) is 5.26 Å². The summed E-state index contributed by atoms with van der Waals surface area (Å²) in [6.07, 6.45) is 1.76. The number of nitrogens with one attached hydrogen (secondary N) is 1. The van der Waals surface area contributed by atoms with Crippen molar-refractivity contribution >= 4 is 23.2 Å². The summed E-state index contributed by atoms with van der Waals surface area (Å²) in [4.78, 5) is 14.9. The van der Waals surface area contributed by atoms with Crippen LogP contribution in [-0.2, 0) is 0 Å². The maximum atomic E-state index is 13.1. The molecule has 1 fully saturated rings. The van der Waals surface area contributed by atoms with Gasteiger partial charge in [0.15, 0.2) is 0 Å². The van der Waals surface area contributed by atoms with Crippen molar-refractivity contribution in [3.8, 4) is 6.07 Å². The molecule has 1 amide bonds. The number of hydrogen-bond donors (Lipinski definition) is 2. The maximum Gasteiger partial charge on any atom is 0.253 e. The minimum atomic E-state index is -0.0353. The van der Waals surface area contributed by atoms with Gasteiger partial charge < -0.3 is 10.6 Å². The molecule has 2 aromatic rings. The van der Waals surface area contributed by atoms with E-state index in [0.717, 1.165) is 18.4 Å². The lowest BCUT2D eigenvalue weighted by molar-refractivity contribution is 0.0713. The van der Waals surface area contributed by atoms with Gasteiger partial charge >= 0.3 is 0 Å². The third-order valence-electron chi connectivity index (χ3n) is 5.61. The van der Waals surface area contributed by atoms with Gasteiger partial charge in [0.2, 0.25) is 0 Å². The van der Waals surface area contributed by atoms with Crippen LogP contribution in [0.4, 0.5) is 0 Å². The largest absolute Gasteiger partial charge is 0.401 e. The van der Waals surface area contributed by atoms with E-state index in [1.54, 1.807) is 19.1 Å². The fourth-order valence-corrected chi connectivity index (χ4v) is 3.87. The first-order valence-electron chi connectivity index (χ1n) is 9.93. The van der Waals surface area contributed by atoms with Crippen molar-refractivity contribution in [1.29, 1.82) is 10.7 Å². The van der Waals surface area contributed by atoms with Crippen molar-refractivity contribution < 1.29 is 4.79 Å². The second-order valence-electron chi connectivity index (χ2n) is 7.70. The quantitative estimate of drug-likeness (QED) is 0.703. The lowest BCUT2D eigenvalue weighted by Gasteiger charge is -2.32. The second-order valence-corrected chi connectivity index (χ2v) is 8.08. The minimum Gasteiger partial charge on any atom is -0.401 e. The normalized spacial score (nSPS) is 15.3. The molecule has 1 aliphatic heterocycles. The van der Waals surface area contributed by atoms with Crippen molar-refractivity contribution in [2.24, 2.45) is 5.73 Å². The lowest BCUT2D eigenvalue weighted by atomic mass is 9.88. The predicted octanol–water partition coefficient (Wildman–Crippen LogP) is 4.68. The molecule has 2 aromatic carbocycles. The van der Waals surface area contributed by atoms with E-state index in [1.807, 2.05) is 42.2 Å². The molecule has 1 heterocycles. The summed E-state index contributed by atoms with van der Waals surface area (Å²) in [6.45, 7) is 4.88. The molecule has 0 radical (unpaired) electrons. The fraction of sp³-hybridized carbons (Fsp3) is 0.292. The van der Waals surface area contributed by atoms with Crippen LogP contribution in [0.2, 0.25) is 0 Å². The van der Waals surface area contributed by atoms with Crippen LogP contribution in [0.25, 0.3) is 0 Å². The van der Waals surface area contributed by atoms with E-state index in [0.29, 0.717) is 41.4 Å². The Kier molecular flexibility index (Phi) is 6.59. The smallest absolute Gasteiger partial charge is 0.253 e. The van der Waals surface area contributed by atoms with Gasteiger partial charge in [0.25, 0.3) is 5.91 Å². The molecule has 5 nitrogen and oxygen atoms in total. The topological polar surface area (TPSA) is 94.0 Å². The van der Waals surface area contributed by atoms with Crippen LogP contribution in [-0.4, -0.2) is 29.6 Å². The number of nitriles is 1. The van der Waals surface area contributed by atoms with Crippen LogP contribution >= 0.6 is 11.6 Å². The number of hydrogen-bond acceptors (Lipinski definition) is 4. The molecular weight excluding hydrogens is 396 g/mol. The van der Waals surface area contributed by atoms with Crippen molar-refractivity contribution in [2.45, 2.75) is 32.6 Å².